The molecule has 4 aliphatic carbocycles. The number of fused-ring (bicyclic) bond motifs is 7. The maximum Gasteiger partial charge on any atom is 0.216 e. The van der Waals surface area contributed by atoms with Gasteiger partial charge in [0.25, 0.3) is 0 Å². The van der Waals surface area contributed by atoms with E-state index in [2.05, 4.69) is 33.0 Å². The van der Waals surface area contributed by atoms with E-state index in [4.69, 9.17) is 4.74 Å². The summed E-state index contributed by atoms with van der Waals surface area (Å²) in [7, 11) is 0. The third-order valence-corrected chi connectivity index (χ3v) is 11.7. The van der Waals surface area contributed by atoms with E-state index in [9.17, 15) is 9.59 Å². The van der Waals surface area contributed by atoms with E-state index in [0.717, 1.165) is 56.4 Å². The smallest absolute Gasteiger partial charge is 0.216 e. The molecule has 1 amide bonds. The summed E-state index contributed by atoms with van der Waals surface area (Å²) in [6.45, 7) is 12.3. The standard InChI is InChI=1S/C29H47NO3/c1-17(16-30-19(3)31)6-9-25-18(2)27-26(33-25)15-24-22-8-7-20-14-21(32)10-12-28(20,4)23(22)11-13-29(24,27)5/h17-18,20,22-27H,6-16H2,1-5H3,(H,30,31). The summed E-state index contributed by atoms with van der Waals surface area (Å²) in [6, 6.07) is 0. The molecule has 5 rings (SSSR count). The maximum absolute atomic E-state index is 12.2. The number of nitrogens with one attached hydrogen (secondary N) is 1. The van der Waals surface area contributed by atoms with Crippen molar-refractivity contribution in [3.05, 3.63) is 0 Å². The predicted molar refractivity (Wildman–Crippen MR) is 131 cm³/mol. The summed E-state index contributed by atoms with van der Waals surface area (Å²) >= 11 is 0. The molecule has 5 fully saturated rings. The minimum absolute atomic E-state index is 0.0687. The van der Waals surface area contributed by atoms with Gasteiger partial charge < -0.3 is 10.1 Å². The lowest BCUT2D eigenvalue weighted by molar-refractivity contribution is -0.140. The van der Waals surface area contributed by atoms with Crippen LogP contribution in [-0.4, -0.2) is 30.4 Å². The van der Waals surface area contributed by atoms with Gasteiger partial charge in [-0.05, 0) is 104 Å². The Morgan fingerprint density at radius 3 is 2.70 bits per heavy atom. The minimum Gasteiger partial charge on any atom is -0.374 e. The highest BCUT2D eigenvalue weighted by Gasteiger charge is 2.65. The van der Waals surface area contributed by atoms with Gasteiger partial charge >= 0.3 is 0 Å². The minimum atomic E-state index is 0.0687. The lowest BCUT2D eigenvalue weighted by atomic mass is 9.44. The predicted octanol–water partition coefficient (Wildman–Crippen LogP) is 5.78. The Hall–Kier alpha value is -0.900. The van der Waals surface area contributed by atoms with E-state index in [1.54, 1.807) is 6.92 Å². The lowest BCUT2D eigenvalue weighted by Crippen LogP contribution is -2.54. The molecular weight excluding hydrogens is 410 g/mol. The van der Waals surface area contributed by atoms with Crippen molar-refractivity contribution >= 4 is 11.7 Å². The molecule has 5 aliphatic rings. The second-order valence-electron chi connectivity index (χ2n) is 13.4. The van der Waals surface area contributed by atoms with Crippen molar-refractivity contribution in [1.29, 1.82) is 0 Å². The number of hydrogen-bond donors (Lipinski definition) is 1. The Kier molecular flexibility index (Phi) is 6.24. The van der Waals surface area contributed by atoms with Crippen LogP contribution in [0.25, 0.3) is 0 Å². The first-order chi connectivity index (χ1) is 15.6. The summed E-state index contributed by atoms with van der Waals surface area (Å²) in [5.41, 5.74) is 0.824. The van der Waals surface area contributed by atoms with Crippen LogP contribution in [0.15, 0.2) is 0 Å². The molecule has 1 N–H and O–H groups in total. The highest BCUT2D eigenvalue weighted by Crippen LogP contribution is 2.69. The highest BCUT2D eigenvalue weighted by atomic mass is 16.5. The van der Waals surface area contributed by atoms with E-state index >= 15 is 0 Å². The van der Waals surface area contributed by atoms with Crippen molar-refractivity contribution in [1.82, 2.24) is 5.32 Å². The first kappa shape index (κ1) is 23.8. The van der Waals surface area contributed by atoms with Crippen LogP contribution < -0.4 is 5.32 Å². The number of ketones is 1. The molecule has 0 aromatic rings. The van der Waals surface area contributed by atoms with E-state index in [1.807, 2.05) is 0 Å². The van der Waals surface area contributed by atoms with Gasteiger partial charge in [0.1, 0.15) is 5.78 Å². The van der Waals surface area contributed by atoms with Gasteiger partial charge in [-0.3, -0.25) is 9.59 Å². The third kappa shape index (κ3) is 3.91. The largest absolute Gasteiger partial charge is 0.374 e. The molecule has 0 aromatic heterocycles. The molecule has 33 heavy (non-hydrogen) atoms. The average Bonchev–Trinajstić information content (AvgIpc) is 3.24. The molecule has 1 heterocycles. The summed E-state index contributed by atoms with van der Waals surface area (Å²) in [5.74, 6) is 5.55. The molecule has 1 aliphatic heterocycles. The van der Waals surface area contributed by atoms with Crippen LogP contribution in [0.1, 0.15) is 98.8 Å². The molecule has 4 heteroatoms. The number of amides is 1. The second kappa shape index (κ2) is 8.64. The molecular formula is C29H47NO3. The first-order valence-corrected chi connectivity index (χ1v) is 14.0. The zero-order chi connectivity index (χ0) is 23.5. The van der Waals surface area contributed by atoms with Crippen molar-refractivity contribution in [3.8, 4) is 0 Å². The van der Waals surface area contributed by atoms with E-state index in [-0.39, 0.29) is 5.91 Å². The molecule has 11 atom stereocenters. The van der Waals surface area contributed by atoms with Crippen LogP contribution in [0.3, 0.4) is 0 Å². The molecule has 186 valence electrons. The normalized spacial score (nSPS) is 49.5. The van der Waals surface area contributed by atoms with Crippen LogP contribution in [-0.2, 0) is 14.3 Å². The fourth-order valence-electron chi connectivity index (χ4n) is 9.93. The van der Waals surface area contributed by atoms with Crippen LogP contribution in [0, 0.1) is 52.3 Å². The fraction of sp³-hybridized carbons (Fsp3) is 0.931. The number of ether oxygens (including phenoxy) is 1. The van der Waals surface area contributed by atoms with Gasteiger partial charge in [-0.25, -0.2) is 0 Å². The molecule has 1 saturated heterocycles. The molecule has 4 saturated carbocycles. The summed E-state index contributed by atoms with van der Waals surface area (Å²) < 4.78 is 6.82. The van der Waals surface area contributed by atoms with Crippen LogP contribution in [0.5, 0.6) is 0 Å². The number of rotatable bonds is 5. The molecule has 0 spiro atoms. The summed E-state index contributed by atoms with van der Waals surface area (Å²) in [6.07, 6.45) is 12.5. The third-order valence-electron chi connectivity index (χ3n) is 11.7. The molecule has 0 aromatic carbocycles. The van der Waals surface area contributed by atoms with Crippen LogP contribution in [0.2, 0.25) is 0 Å². The molecule has 0 radical (unpaired) electrons. The average molecular weight is 458 g/mol. The van der Waals surface area contributed by atoms with Gasteiger partial charge in [0.15, 0.2) is 0 Å². The van der Waals surface area contributed by atoms with Crippen molar-refractivity contribution in [2.45, 2.75) is 111 Å². The Morgan fingerprint density at radius 1 is 1.15 bits per heavy atom. The molecule has 11 unspecified atom stereocenters. The van der Waals surface area contributed by atoms with Crippen molar-refractivity contribution in [2.24, 2.45) is 52.3 Å². The van der Waals surface area contributed by atoms with Crippen LogP contribution >= 0.6 is 0 Å². The van der Waals surface area contributed by atoms with E-state index < -0.39 is 0 Å². The van der Waals surface area contributed by atoms with Crippen LogP contribution in [0.4, 0.5) is 0 Å². The monoisotopic (exact) mass is 457 g/mol. The number of Topliss-reactive ketones (excluding diaryl/α,β-unsaturated/α-hetero) is 1. The van der Waals surface area contributed by atoms with E-state index in [0.29, 0.717) is 52.5 Å². The summed E-state index contributed by atoms with van der Waals surface area (Å²) in [4.78, 5) is 23.4. The van der Waals surface area contributed by atoms with Gasteiger partial charge in [-0.2, -0.15) is 0 Å². The van der Waals surface area contributed by atoms with Gasteiger partial charge in [0, 0.05) is 26.3 Å². The Bertz CT molecular complexity index is 781. The number of carbonyl (C=O) groups excluding carboxylic acids is 2. The van der Waals surface area contributed by atoms with Crippen molar-refractivity contribution < 1.29 is 14.3 Å². The second-order valence-corrected chi connectivity index (χ2v) is 13.4. The maximum atomic E-state index is 12.2. The van der Waals surface area contributed by atoms with Crippen molar-refractivity contribution in [2.75, 3.05) is 6.54 Å². The van der Waals surface area contributed by atoms with Gasteiger partial charge in [-0.1, -0.05) is 27.7 Å². The van der Waals surface area contributed by atoms with Gasteiger partial charge in [-0.15, -0.1) is 0 Å². The van der Waals surface area contributed by atoms with E-state index in [1.165, 1.54) is 32.1 Å². The lowest BCUT2D eigenvalue weighted by Gasteiger charge is -2.60. The molecule has 0 bridgehead atoms. The SMILES string of the molecule is CC(=O)NCC(C)CCC1OC2CC3C4CCC5CC(=O)CCC5(C)C4CCC3(C)C2C1C. The van der Waals surface area contributed by atoms with Gasteiger partial charge in [0.2, 0.25) is 5.91 Å². The summed E-state index contributed by atoms with van der Waals surface area (Å²) in [5, 5.41) is 2.97. The topological polar surface area (TPSA) is 55.4 Å². The number of hydrogen-bond acceptors (Lipinski definition) is 3. The van der Waals surface area contributed by atoms with Gasteiger partial charge in [0.05, 0.1) is 12.2 Å². The van der Waals surface area contributed by atoms with Crippen molar-refractivity contribution in [3.63, 3.8) is 0 Å². The molecule has 4 nitrogen and oxygen atoms in total. The zero-order valence-corrected chi connectivity index (χ0v) is 21.7. The first-order valence-electron chi connectivity index (χ1n) is 14.0. The fourth-order valence-corrected chi connectivity index (χ4v) is 9.93. The zero-order valence-electron chi connectivity index (χ0n) is 21.7. The highest BCUT2D eigenvalue weighted by molar-refractivity contribution is 5.79. The Balaban J connectivity index is 1.25. The Morgan fingerprint density at radius 2 is 1.94 bits per heavy atom. The quantitative estimate of drug-likeness (QED) is 0.569. The number of carbonyl (C=O) groups is 2. The Labute approximate surface area is 201 Å².